The summed E-state index contributed by atoms with van der Waals surface area (Å²) in [4.78, 5) is 15.2. The van der Waals surface area contributed by atoms with Gasteiger partial charge in [-0.1, -0.05) is 41.9 Å². The van der Waals surface area contributed by atoms with Crippen LogP contribution in [-0.2, 0) is 26.0 Å². The van der Waals surface area contributed by atoms with Crippen LogP contribution in [0, 0.1) is 0 Å². The van der Waals surface area contributed by atoms with Crippen molar-refractivity contribution in [2.45, 2.75) is 23.8 Å². The molecular formula is C22H28ClN3O4S. The van der Waals surface area contributed by atoms with Crippen LogP contribution in [-0.4, -0.2) is 64.7 Å². The molecule has 2 N–H and O–H groups in total. The molecule has 1 atom stereocenters. The Morgan fingerprint density at radius 3 is 2.42 bits per heavy atom. The first-order chi connectivity index (χ1) is 14.9. The Bertz CT molecular complexity index is 933. The molecule has 1 amide bonds. The highest BCUT2D eigenvalue weighted by molar-refractivity contribution is 7.89. The lowest BCUT2D eigenvalue weighted by molar-refractivity contribution is -0.122. The number of nitrogens with one attached hydrogen (secondary N) is 2. The van der Waals surface area contributed by atoms with Crippen molar-refractivity contribution in [1.82, 2.24) is 14.9 Å². The number of sulfonamides is 1. The fourth-order valence-electron chi connectivity index (χ4n) is 3.37. The van der Waals surface area contributed by atoms with Gasteiger partial charge < -0.3 is 10.1 Å². The highest BCUT2D eigenvalue weighted by atomic mass is 35.5. The third kappa shape index (κ3) is 7.59. The van der Waals surface area contributed by atoms with Gasteiger partial charge in [0.25, 0.3) is 0 Å². The first-order valence-electron chi connectivity index (χ1n) is 10.3. The zero-order valence-corrected chi connectivity index (χ0v) is 18.9. The monoisotopic (exact) mass is 465 g/mol. The van der Waals surface area contributed by atoms with E-state index in [1.807, 2.05) is 30.3 Å². The Hall–Kier alpha value is -1.97. The van der Waals surface area contributed by atoms with Crippen molar-refractivity contribution in [2.24, 2.45) is 0 Å². The van der Waals surface area contributed by atoms with E-state index in [4.69, 9.17) is 16.3 Å². The van der Waals surface area contributed by atoms with Gasteiger partial charge in [-0.05, 0) is 49.2 Å². The molecular weight excluding hydrogens is 438 g/mol. The Balaban J connectivity index is 1.62. The van der Waals surface area contributed by atoms with E-state index in [1.165, 1.54) is 24.3 Å². The van der Waals surface area contributed by atoms with Gasteiger partial charge in [0, 0.05) is 24.7 Å². The maximum Gasteiger partial charge on any atom is 0.241 e. The summed E-state index contributed by atoms with van der Waals surface area (Å²) in [5.41, 5.74) is 0.870. The highest BCUT2D eigenvalue weighted by Crippen LogP contribution is 2.15. The standard InChI is InChI=1S/C22H28ClN3O4S/c23-19-7-9-20(10-8-19)31(28,29)25-21(17-18-5-2-1-3-6-18)22(27)24-11-4-12-26-13-15-30-16-14-26/h1-3,5-10,21,25H,4,11-17H2,(H,24,27)/t21-/m0/s1. The Morgan fingerprint density at radius 1 is 1.06 bits per heavy atom. The molecule has 0 radical (unpaired) electrons. The molecule has 0 unspecified atom stereocenters. The molecule has 0 aliphatic carbocycles. The largest absolute Gasteiger partial charge is 0.379 e. The van der Waals surface area contributed by atoms with Crippen LogP contribution >= 0.6 is 11.6 Å². The minimum absolute atomic E-state index is 0.0649. The number of halogens is 1. The summed E-state index contributed by atoms with van der Waals surface area (Å²) in [6.07, 6.45) is 1.04. The van der Waals surface area contributed by atoms with Crippen LogP contribution < -0.4 is 10.0 Å². The molecule has 168 valence electrons. The average Bonchev–Trinajstić information content (AvgIpc) is 2.78. The molecule has 1 aliphatic rings. The van der Waals surface area contributed by atoms with Crippen LogP contribution in [0.2, 0.25) is 5.02 Å². The number of morpholine rings is 1. The van der Waals surface area contributed by atoms with Gasteiger partial charge in [-0.15, -0.1) is 0 Å². The van der Waals surface area contributed by atoms with E-state index in [0.717, 1.165) is 44.8 Å². The maximum absolute atomic E-state index is 12.9. The van der Waals surface area contributed by atoms with Crippen molar-refractivity contribution < 1.29 is 17.9 Å². The molecule has 1 fully saturated rings. The second kappa shape index (κ2) is 11.6. The van der Waals surface area contributed by atoms with Crippen molar-refractivity contribution in [2.75, 3.05) is 39.4 Å². The number of carbonyl (C=O) groups is 1. The molecule has 2 aromatic carbocycles. The van der Waals surface area contributed by atoms with Gasteiger partial charge >= 0.3 is 0 Å². The predicted octanol–water partition coefficient (Wildman–Crippen LogP) is 2.07. The van der Waals surface area contributed by atoms with Crippen molar-refractivity contribution in [1.29, 1.82) is 0 Å². The lowest BCUT2D eigenvalue weighted by Gasteiger charge is -2.26. The number of ether oxygens (including phenoxy) is 1. The number of hydrogen-bond donors (Lipinski definition) is 2. The van der Waals surface area contributed by atoms with Crippen LogP contribution in [0.25, 0.3) is 0 Å². The first-order valence-corrected chi connectivity index (χ1v) is 12.2. The normalized spacial score (nSPS) is 16.0. The van der Waals surface area contributed by atoms with Crippen molar-refractivity contribution in [3.8, 4) is 0 Å². The lowest BCUT2D eigenvalue weighted by atomic mass is 10.1. The fourth-order valence-corrected chi connectivity index (χ4v) is 4.69. The number of nitrogens with zero attached hydrogens (tertiary/aromatic N) is 1. The van der Waals surface area contributed by atoms with Gasteiger partial charge in [0.2, 0.25) is 15.9 Å². The predicted molar refractivity (Wildman–Crippen MR) is 121 cm³/mol. The molecule has 0 aromatic heterocycles. The molecule has 1 saturated heterocycles. The van der Waals surface area contributed by atoms with Crippen molar-refractivity contribution in [3.05, 3.63) is 65.2 Å². The van der Waals surface area contributed by atoms with E-state index >= 15 is 0 Å². The molecule has 0 bridgehead atoms. The number of amides is 1. The second-order valence-electron chi connectivity index (χ2n) is 7.42. The quantitative estimate of drug-likeness (QED) is 0.524. The zero-order valence-electron chi connectivity index (χ0n) is 17.3. The van der Waals surface area contributed by atoms with E-state index in [-0.39, 0.29) is 17.2 Å². The summed E-state index contributed by atoms with van der Waals surface area (Å²) in [5, 5.41) is 3.32. The van der Waals surface area contributed by atoms with E-state index in [9.17, 15) is 13.2 Å². The van der Waals surface area contributed by atoms with Gasteiger partial charge in [-0.3, -0.25) is 9.69 Å². The third-order valence-corrected chi connectivity index (χ3v) is 6.81. The zero-order chi connectivity index (χ0) is 22.1. The van der Waals surface area contributed by atoms with E-state index in [2.05, 4.69) is 14.9 Å². The summed E-state index contributed by atoms with van der Waals surface area (Å²) in [7, 11) is -3.88. The molecule has 0 spiro atoms. The molecule has 3 rings (SSSR count). The van der Waals surface area contributed by atoms with Crippen LogP contribution in [0.5, 0.6) is 0 Å². The van der Waals surface area contributed by atoms with Gasteiger partial charge in [0.05, 0.1) is 18.1 Å². The van der Waals surface area contributed by atoms with E-state index in [1.54, 1.807) is 0 Å². The number of rotatable bonds is 10. The van der Waals surface area contributed by atoms with Crippen molar-refractivity contribution in [3.63, 3.8) is 0 Å². The molecule has 9 heteroatoms. The summed E-state index contributed by atoms with van der Waals surface area (Å²) < 4.78 is 33.6. The summed E-state index contributed by atoms with van der Waals surface area (Å²) >= 11 is 5.86. The molecule has 7 nitrogen and oxygen atoms in total. The van der Waals surface area contributed by atoms with Crippen LogP contribution in [0.3, 0.4) is 0 Å². The topological polar surface area (TPSA) is 87.7 Å². The van der Waals surface area contributed by atoms with Crippen molar-refractivity contribution >= 4 is 27.5 Å². The van der Waals surface area contributed by atoms with Gasteiger partial charge in [0.15, 0.2) is 0 Å². The first kappa shape index (κ1) is 23.7. The smallest absolute Gasteiger partial charge is 0.241 e. The molecule has 31 heavy (non-hydrogen) atoms. The SMILES string of the molecule is O=C(NCCCN1CCOCC1)[C@H](Cc1ccccc1)NS(=O)(=O)c1ccc(Cl)cc1. The lowest BCUT2D eigenvalue weighted by Crippen LogP contribution is -2.48. The molecule has 1 heterocycles. The number of benzene rings is 2. The van der Waals surface area contributed by atoms with Gasteiger partial charge in [-0.25, -0.2) is 8.42 Å². The van der Waals surface area contributed by atoms with Crippen LogP contribution in [0.15, 0.2) is 59.5 Å². The Labute approximate surface area is 188 Å². The number of hydrogen-bond acceptors (Lipinski definition) is 5. The molecule has 0 saturated carbocycles. The van der Waals surface area contributed by atoms with Gasteiger partial charge in [-0.2, -0.15) is 4.72 Å². The van der Waals surface area contributed by atoms with Crippen LogP contribution in [0.4, 0.5) is 0 Å². The average molecular weight is 466 g/mol. The summed E-state index contributed by atoms with van der Waals surface area (Å²) in [6, 6.07) is 14.3. The molecule has 1 aliphatic heterocycles. The van der Waals surface area contributed by atoms with E-state index < -0.39 is 16.1 Å². The highest BCUT2D eigenvalue weighted by Gasteiger charge is 2.26. The summed E-state index contributed by atoms with van der Waals surface area (Å²) in [5.74, 6) is -0.344. The minimum atomic E-state index is -3.88. The Kier molecular flexibility index (Phi) is 8.86. The molecule has 2 aromatic rings. The van der Waals surface area contributed by atoms with Gasteiger partial charge in [0.1, 0.15) is 6.04 Å². The van der Waals surface area contributed by atoms with E-state index in [0.29, 0.717) is 11.6 Å². The fraction of sp³-hybridized carbons (Fsp3) is 0.409. The van der Waals surface area contributed by atoms with Crippen LogP contribution in [0.1, 0.15) is 12.0 Å². The maximum atomic E-state index is 12.9. The minimum Gasteiger partial charge on any atom is -0.379 e. The number of carbonyl (C=O) groups excluding carboxylic acids is 1. The third-order valence-electron chi connectivity index (χ3n) is 5.07. The Morgan fingerprint density at radius 2 is 1.74 bits per heavy atom. The second-order valence-corrected chi connectivity index (χ2v) is 9.57. The summed E-state index contributed by atoms with van der Waals surface area (Å²) in [6.45, 7) is 4.60.